The SMILES string of the molecule is Cc1cc(C(=O)N(Cc2ccc3c(c2)CCO3)C2CCCC2)on1. The monoisotopic (exact) mass is 326 g/mol. The first-order valence-corrected chi connectivity index (χ1v) is 8.69. The second-order valence-corrected chi connectivity index (χ2v) is 6.74. The highest BCUT2D eigenvalue weighted by Crippen LogP contribution is 2.29. The number of ether oxygens (including phenoxy) is 1. The van der Waals surface area contributed by atoms with Crippen molar-refractivity contribution in [3.63, 3.8) is 0 Å². The summed E-state index contributed by atoms with van der Waals surface area (Å²) in [7, 11) is 0. The lowest BCUT2D eigenvalue weighted by molar-refractivity contribution is 0.0621. The molecule has 0 bridgehead atoms. The first-order valence-electron chi connectivity index (χ1n) is 8.69. The highest BCUT2D eigenvalue weighted by atomic mass is 16.5. The van der Waals surface area contributed by atoms with E-state index in [4.69, 9.17) is 9.26 Å². The van der Waals surface area contributed by atoms with Gasteiger partial charge in [-0.15, -0.1) is 0 Å². The highest BCUT2D eigenvalue weighted by molar-refractivity contribution is 5.91. The molecule has 1 aromatic carbocycles. The molecule has 4 rings (SSSR count). The summed E-state index contributed by atoms with van der Waals surface area (Å²) in [5, 5.41) is 3.86. The van der Waals surface area contributed by atoms with Crippen molar-refractivity contribution in [2.45, 2.75) is 51.6 Å². The number of aromatic nitrogens is 1. The van der Waals surface area contributed by atoms with E-state index in [0.29, 0.717) is 12.3 Å². The molecule has 2 aliphatic rings. The Hall–Kier alpha value is -2.30. The topological polar surface area (TPSA) is 55.6 Å². The van der Waals surface area contributed by atoms with Gasteiger partial charge in [-0.25, -0.2) is 0 Å². The predicted molar refractivity (Wildman–Crippen MR) is 89.0 cm³/mol. The zero-order chi connectivity index (χ0) is 16.5. The van der Waals surface area contributed by atoms with E-state index in [9.17, 15) is 4.79 Å². The molecule has 1 saturated carbocycles. The third-order valence-electron chi connectivity index (χ3n) is 4.97. The Bertz CT molecular complexity index is 747. The summed E-state index contributed by atoms with van der Waals surface area (Å²) in [6.45, 7) is 3.19. The van der Waals surface area contributed by atoms with Gasteiger partial charge in [-0.05, 0) is 37.0 Å². The van der Waals surface area contributed by atoms with Gasteiger partial charge >= 0.3 is 0 Å². The summed E-state index contributed by atoms with van der Waals surface area (Å²) in [5.41, 5.74) is 3.12. The van der Waals surface area contributed by atoms with Crippen LogP contribution in [0, 0.1) is 6.92 Å². The van der Waals surface area contributed by atoms with Crippen LogP contribution < -0.4 is 4.74 Å². The maximum Gasteiger partial charge on any atom is 0.293 e. The number of fused-ring (bicyclic) bond motifs is 1. The second kappa shape index (κ2) is 6.30. The number of carbonyl (C=O) groups excluding carboxylic acids is 1. The molecule has 1 amide bonds. The fourth-order valence-corrected chi connectivity index (χ4v) is 3.72. The van der Waals surface area contributed by atoms with Crippen molar-refractivity contribution < 1.29 is 14.1 Å². The second-order valence-electron chi connectivity index (χ2n) is 6.74. The van der Waals surface area contributed by atoms with Crippen molar-refractivity contribution >= 4 is 5.91 Å². The van der Waals surface area contributed by atoms with Crippen LogP contribution in [0.1, 0.15) is 53.1 Å². The molecule has 0 unspecified atom stereocenters. The minimum atomic E-state index is -0.0563. The van der Waals surface area contributed by atoms with Crippen LogP contribution >= 0.6 is 0 Å². The van der Waals surface area contributed by atoms with E-state index in [1.807, 2.05) is 17.9 Å². The Kier molecular flexibility index (Phi) is 4.00. The van der Waals surface area contributed by atoms with Crippen molar-refractivity contribution in [3.8, 4) is 5.75 Å². The van der Waals surface area contributed by atoms with Crippen LogP contribution in [0.2, 0.25) is 0 Å². The van der Waals surface area contributed by atoms with Gasteiger partial charge in [0.2, 0.25) is 5.76 Å². The minimum absolute atomic E-state index is 0.0563. The number of hydrogen-bond acceptors (Lipinski definition) is 4. The van der Waals surface area contributed by atoms with Gasteiger partial charge in [-0.2, -0.15) is 0 Å². The van der Waals surface area contributed by atoms with Gasteiger partial charge in [0.1, 0.15) is 5.75 Å². The molecule has 5 nitrogen and oxygen atoms in total. The zero-order valence-electron chi connectivity index (χ0n) is 14.0. The molecule has 0 saturated heterocycles. The molecule has 1 aromatic heterocycles. The third kappa shape index (κ3) is 2.90. The van der Waals surface area contributed by atoms with Gasteiger partial charge in [-0.3, -0.25) is 4.79 Å². The number of hydrogen-bond donors (Lipinski definition) is 0. The summed E-state index contributed by atoms with van der Waals surface area (Å²) >= 11 is 0. The quantitative estimate of drug-likeness (QED) is 0.863. The van der Waals surface area contributed by atoms with Gasteiger partial charge in [0, 0.05) is 25.1 Å². The van der Waals surface area contributed by atoms with Gasteiger partial charge < -0.3 is 14.2 Å². The Labute approximate surface area is 141 Å². The fraction of sp³-hybridized carbons (Fsp3) is 0.474. The molecule has 1 aliphatic carbocycles. The first-order chi connectivity index (χ1) is 11.7. The standard InChI is InChI=1S/C19H22N2O3/c1-13-10-18(24-20-13)19(22)21(16-4-2-3-5-16)12-14-6-7-17-15(11-14)8-9-23-17/h6-7,10-11,16H,2-5,8-9,12H2,1H3. The first kappa shape index (κ1) is 15.2. The maximum atomic E-state index is 13.0. The lowest BCUT2D eigenvalue weighted by Crippen LogP contribution is -2.38. The molecule has 2 aromatic rings. The van der Waals surface area contributed by atoms with Crippen molar-refractivity contribution in [2.75, 3.05) is 6.61 Å². The highest BCUT2D eigenvalue weighted by Gasteiger charge is 2.30. The number of rotatable bonds is 4. The van der Waals surface area contributed by atoms with Gasteiger partial charge in [-0.1, -0.05) is 30.1 Å². The van der Waals surface area contributed by atoms with E-state index in [0.717, 1.165) is 42.9 Å². The summed E-state index contributed by atoms with van der Waals surface area (Å²) in [5.74, 6) is 1.26. The third-order valence-corrected chi connectivity index (χ3v) is 4.97. The summed E-state index contributed by atoms with van der Waals surface area (Å²) < 4.78 is 10.8. The largest absolute Gasteiger partial charge is 0.493 e. The summed E-state index contributed by atoms with van der Waals surface area (Å²) in [6.07, 6.45) is 5.44. The Morgan fingerprint density at radius 3 is 2.88 bits per heavy atom. The van der Waals surface area contributed by atoms with Crippen LogP contribution in [0.4, 0.5) is 0 Å². The normalized spacial score (nSPS) is 16.9. The van der Waals surface area contributed by atoms with Crippen LogP contribution in [0.25, 0.3) is 0 Å². The van der Waals surface area contributed by atoms with Crippen molar-refractivity contribution in [3.05, 3.63) is 46.8 Å². The lowest BCUT2D eigenvalue weighted by Gasteiger charge is -2.28. The zero-order valence-corrected chi connectivity index (χ0v) is 14.0. The van der Waals surface area contributed by atoms with Gasteiger partial charge in [0.25, 0.3) is 5.91 Å². The molecule has 24 heavy (non-hydrogen) atoms. The molecule has 0 spiro atoms. The average Bonchev–Trinajstić information content (AvgIpc) is 3.32. The summed E-state index contributed by atoms with van der Waals surface area (Å²) in [4.78, 5) is 14.9. The van der Waals surface area contributed by atoms with E-state index >= 15 is 0 Å². The van der Waals surface area contributed by atoms with E-state index in [1.165, 1.54) is 18.4 Å². The Morgan fingerprint density at radius 2 is 2.12 bits per heavy atom. The van der Waals surface area contributed by atoms with Crippen molar-refractivity contribution in [2.24, 2.45) is 0 Å². The lowest BCUT2D eigenvalue weighted by atomic mass is 10.1. The number of aryl methyl sites for hydroxylation is 1. The smallest absolute Gasteiger partial charge is 0.293 e. The van der Waals surface area contributed by atoms with E-state index in [2.05, 4.69) is 17.3 Å². The number of nitrogens with zero attached hydrogens (tertiary/aromatic N) is 2. The Morgan fingerprint density at radius 1 is 1.29 bits per heavy atom. The van der Waals surface area contributed by atoms with Crippen LogP contribution in [0.5, 0.6) is 5.75 Å². The fourth-order valence-electron chi connectivity index (χ4n) is 3.72. The van der Waals surface area contributed by atoms with Crippen LogP contribution in [0.15, 0.2) is 28.8 Å². The predicted octanol–water partition coefficient (Wildman–Crippen LogP) is 3.50. The number of carbonyl (C=O) groups is 1. The number of amides is 1. The molecular formula is C19H22N2O3. The van der Waals surface area contributed by atoms with Crippen LogP contribution in [-0.4, -0.2) is 28.6 Å². The molecular weight excluding hydrogens is 304 g/mol. The maximum absolute atomic E-state index is 13.0. The van der Waals surface area contributed by atoms with E-state index < -0.39 is 0 Å². The van der Waals surface area contributed by atoms with Crippen LogP contribution in [0.3, 0.4) is 0 Å². The summed E-state index contributed by atoms with van der Waals surface area (Å²) in [6, 6.07) is 8.26. The number of benzene rings is 1. The van der Waals surface area contributed by atoms with Crippen LogP contribution in [-0.2, 0) is 13.0 Å². The van der Waals surface area contributed by atoms with E-state index in [-0.39, 0.29) is 11.9 Å². The van der Waals surface area contributed by atoms with Crippen molar-refractivity contribution in [1.82, 2.24) is 10.1 Å². The molecule has 0 N–H and O–H groups in total. The minimum Gasteiger partial charge on any atom is -0.493 e. The Balaban J connectivity index is 1.59. The molecule has 1 aliphatic heterocycles. The molecule has 126 valence electrons. The molecule has 2 heterocycles. The molecule has 0 radical (unpaired) electrons. The van der Waals surface area contributed by atoms with E-state index in [1.54, 1.807) is 6.07 Å². The van der Waals surface area contributed by atoms with Gasteiger partial charge in [0.05, 0.1) is 12.3 Å². The molecule has 1 fully saturated rings. The van der Waals surface area contributed by atoms with Crippen molar-refractivity contribution in [1.29, 1.82) is 0 Å². The molecule has 0 atom stereocenters. The van der Waals surface area contributed by atoms with Gasteiger partial charge in [0.15, 0.2) is 0 Å². The average molecular weight is 326 g/mol. The molecule has 5 heteroatoms.